The Labute approximate surface area is 148 Å². The highest BCUT2D eigenvalue weighted by molar-refractivity contribution is 9.10. The molecule has 0 bridgehead atoms. The number of benzene rings is 2. The van der Waals surface area contributed by atoms with Crippen LogP contribution in [-0.2, 0) is 22.6 Å². The first-order chi connectivity index (χ1) is 11.6. The molecule has 2 aromatic carbocycles. The van der Waals surface area contributed by atoms with Crippen molar-refractivity contribution in [3.05, 3.63) is 64.1 Å². The largest absolute Gasteiger partial charge is 0.351 e. The Morgan fingerprint density at radius 1 is 1.04 bits per heavy atom. The fraction of sp³-hybridized carbons (Fsp3) is 0.167. The lowest BCUT2D eigenvalue weighted by Crippen LogP contribution is -2.22. The number of anilines is 1. The van der Waals surface area contributed by atoms with E-state index in [1.54, 1.807) is 24.3 Å². The maximum Gasteiger partial charge on any atom is 0.234 e. The van der Waals surface area contributed by atoms with Crippen molar-refractivity contribution in [3.8, 4) is 6.07 Å². The summed E-state index contributed by atoms with van der Waals surface area (Å²) in [6.45, 7) is 0.316. The van der Waals surface area contributed by atoms with Crippen LogP contribution in [0.1, 0.15) is 17.5 Å². The van der Waals surface area contributed by atoms with Crippen LogP contribution < -0.4 is 10.6 Å². The molecule has 0 fully saturated rings. The monoisotopic (exact) mass is 385 g/mol. The summed E-state index contributed by atoms with van der Waals surface area (Å²) < 4.78 is 0.970. The first-order valence-electron chi connectivity index (χ1n) is 7.33. The van der Waals surface area contributed by atoms with Crippen LogP contribution >= 0.6 is 15.9 Å². The number of hydrogen-bond donors (Lipinski definition) is 2. The molecule has 2 amide bonds. The van der Waals surface area contributed by atoms with Gasteiger partial charge in [-0.3, -0.25) is 9.59 Å². The molecule has 0 spiro atoms. The van der Waals surface area contributed by atoms with Gasteiger partial charge in [0, 0.05) is 16.7 Å². The maximum absolute atomic E-state index is 12.1. The number of amides is 2. The number of halogens is 1. The molecule has 24 heavy (non-hydrogen) atoms. The molecule has 6 heteroatoms. The fourth-order valence-electron chi connectivity index (χ4n) is 2.09. The van der Waals surface area contributed by atoms with Gasteiger partial charge in [-0.15, -0.1) is 0 Å². The van der Waals surface area contributed by atoms with E-state index in [4.69, 9.17) is 5.26 Å². The Bertz CT molecular complexity index is 767. The standard InChI is InChI=1S/C18H16BrN3O2/c19-15-6-4-13(5-7-15)11-18(24)22-16-3-1-2-14(10-16)12-21-17(23)8-9-20/h1-7,10H,8,11-12H2,(H,21,23)(H,22,24). The molecule has 122 valence electrons. The summed E-state index contributed by atoms with van der Waals surface area (Å²) in [5, 5.41) is 13.9. The van der Waals surface area contributed by atoms with Crippen molar-refractivity contribution in [2.45, 2.75) is 19.4 Å². The van der Waals surface area contributed by atoms with Crippen molar-refractivity contribution in [1.29, 1.82) is 5.26 Å². The van der Waals surface area contributed by atoms with Gasteiger partial charge < -0.3 is 10.6 Å². The van der Waals surface area contributed by atoms with Gasteiger partial charge in [0.2, 0.25) is 11.8 Å². The van der Waals surface area contributed by atoms with Crippen molar-refractivity contribution in [1.82, 2.24) is 5.32 Å². The van der Waals surface area contributed by atoms with Gasteiger partial charge in [0.05, 0.1) is 12.5 Å². The van der Waals surface area contributed by atoms with Gasteiger partial charge in [-0.1, -0.05) is 40.2 Å². The van der Waals surface area contributed by atoms with Gasteiger partial charge in [-0.2, -0.15) is 5.26 Å². The molecule has 0 aliphatic rings. The molecule has 0 saturated heterocycles. The Balaban J connectivity index is 1.91. The van der Waals surface area contributed by atoms with Crippen LogP contribution in [0.25, 0.3) is 0 Å². The third-order valence-corrected chi connectivity index (χ3v) is 3.75. The second-order valence-electron chi connectivity index (χ2n) is 5.16. The Morgan fingerprint density at radius 2 is 1.79 bits per heavy atom. The van der Waals surface area contributed by atoms with Crippen LogP contribution in [0.15, 0.2) is 53.0 Å². The third-order valence-electron chi connectivity index (χ3n) is 3.22. The molecule has 5 nitrogen and oxygen atoms in total. The van der Waals surface area contributed by atoms with Gasteiger partial charge in [0.15, 0.2) is 0 Å². The van der Waals surface area contributed by atoms with Gasteiger partial charge >= 0.3 is 0 Å². The first kappa shape index (κ1) is 17.7. The Morgan fingerprint density at radius 3 is 2.50 bits per heavy atom. The molecule has 2 aromatic rings. The van der Waals surface area contributed by atoms with E-state index in [0.717, 1.165) is 15.6 Å². The molecule has 0 aromatic heterocycles. The Hall–Kier alpha value is -2.65. The first-order valence-corrected chi connectivity index (χ1v) is 8.13. The average molecular weight is 386 g/mol. The molecule has 0 radical (unpaired) electrons. The van der Waals surface area contributed by atoms with Gasteiger partial charge in [-0.05, 0) is 35.4 Å². The van der Waals surface area contributed by atoms with Gasteiger partial charge in [0.25, 0.3) is 0 Å². The van der Waals surface area contributed by atoms with E-state index >= 15 is 0 Å². The van der Waals surface area contributed by atoms with E-state index in [2.05, 4.69) is 26.6 Å². The molecule has 0 heterocycles. The second-order valence-corrected chi connectivity index (χ2v) is 6.08. The lowest BCUT2D eigenvalue weighted by molar-refractivity contribution is -0.120. The molecule has 0 unspecified atom stereocenters. The lowest BCUT2D eigenvalue weighted by Gasteiger charge is -2.08. The maximum atomic E-state index is 12.1. The molecule has 0 aliphatic carbocycles. The fourth-order valence-corrected chi connectivity index (χ4v) is 2.35. The quantitative estimate of drug-likeness (QED) is 0.800. The summed E-state index contributed by atoms with van der Waals surface area (Å²) >= 11 is 3.36. The summed E-state index contributed by atoms with van der Waals surface area (Å²) in [5.74, 6) is -0.426. The van der Waals surface area contributed by atoms with Crippen LogP contribution in [-0.4, -0.2) is 11.8 Å². The smallest absolute Gasteiger partial charge is 0.234 e. The summed E-state index contributed by atoms with van der Waals surface area (Å²) in [4.78, 5) is 23.4. The van der Waals surface area contributed by atoms with Crippen LogP contribution in [0, 0.1) is 11.3 Å². The highest BCUT2D eigenvalue weighted by Gasteiger charge is 2.05. The topological polar surface area (TPSA) is 82.0 Å². The minimum atomic E-state index is -0.317. The van der Waals surface area contributed by atoms with Crippen LogP contribution in [0.2, 0.25) is 0 Å². The zero-order valence-corrected chi connectivity index (χ0v) is 14.5. The minimum Gasteiger partial charge on any atom is -0.351 e. The molecule has 2 N–H and O–H groups in total. The average Bonchev–Trinajstić information content (AvgIpc) is 2.56. The van der Waals surface area contributed by atoms with Crippen molar-refractivity contribution >= 4 is 33.4 Å². The van der Waals surface area contributed by atoms with Crippen LogP contribution in [0.4, 0.5) is 5.69 Å². The summed E-state index contributed by atoms with van der Waals surface area (Å²) in [5.41, 5.74) is 2.45. The molecule has 0 aliphatic heterocycles. The molecular weight excluding hydrogens is 370 g/mol. The molecule has 2 rings (SSSR count). The zero-order chi connectivity index (χ0) is 17.4. The Kier molecular flexibility index (Phi) is 6.52. The lowest BCUT2D eigenvalue weighted by atomic mass is 10.1. The number of hydrogen-bond acceptors (Lipinski definition) is 3. The van der Waals surface area contributed by atoms with Crippen molar-refractivity contribution in [2.24, 2.45) is 0 Å². The molecule has 0 saturated carbocycles. The van der Waals surface area contributed by atoms with Gasteiger partial charge in [-0.25, -0.2) is 0 Å². The summed E-state index contributed by atoms with van der Waals surface area (Å²) in [7, 11) is 0. The van der Waals surface area contributed by atoms with Crippen molar-refractivity contribution in [2.75, 3.05) is 5.32 Å². The number of carbonyl (C=O) groups is 2. The van der Waals surface area contributed by atoms with Crippen molar-refractivity contribution < 1.29 is 9.59 Å². The summed E-state index contributed by atoms with van der Waals surface area (Å²) in [6, 6.07) is 16.6. The van der Waals surface area contributed by atoms with Crippen LogP contribution in [0.5, 0.6) is 0 Å². The number of carbonyl (C=O) groups excluding carboxylic acids is 2. The predicted molar refractivity (Wildman–Crippen MR) is 95.0 cm³/mol. The van der Waals surface area contributed by atoms with Crippen molar-refractivity contribution in [3.63, 3.8) is 0 Å². The van der Waals surface area contributed by atoms with E-state index in [1.165, 1.54) is 0 Å². The SMILES string of the molecule is N#CCC(=O)NCc1cccc(NC(=O)Cc2ccc(Br)cc2)c1. The normalized spacial score (nSPS) is 9.83. The number of nitrogens with one attached hydrogen (secondary N) is 2. The third kappa shape index (κ3) is 5.86. The van der Waals surface area contributed by atoms with E-state index < -0.39 is 0 Å². The number of nitriles is 1. The van der Waals surface area contributed by atoms with E-state index in [0.29, 0.717) is 12.2 Å². The number of nitrogens with zero attached hydrogens (tertiary/aromatic N) is 1. The van der Waals surface area contributed by atoms with E-state index in [1.807, 2.05) is 30.3 Å². The molecular formula is C18H16BrN3O2. The van der Waals surface area contributed by atoms with E-state index in [-0.39, 0.29) is 24.7 Å². The summed E-state index contributed by atoms with van der Waals surface area (Å²) in [6.07, 6.45) is 0.125. The highest BCUT2D eigenvalue weighted by Crippen LogP contribution is 2.13. The molecule has 0 atom stereocenters. The number of rotatable bonds is 6. The van der Waals surface area contributed by atoms with E-state index in [9.17, 15) is 9.59 Å². The minimum absolute atomic E-state index is 0.108. The predicted octanol–water partition coefficient (Wildman–Crippen LogP) is 3.16. The zero-order valence-electron chi connectivity index (χ0n) is 12.9. The van der Waals surface area contributed by atoms with Crippen LogP contribution in [0.3, 0.4) is 0 Å². The highest BCUT2D eigenvalue weighted by atomic mass is 79.9. The van der Waals surface area contributed by atoms with Gasteiger partial charge in [0.1, 0.15) is 6.42 Å². The second kappa shape index (κ2) is 8.85.